The van der Waals surface area contributed by atoms with E-state index in [0.29, 0.717) is 6.04 Å². The fraction of sp³-hybridized carbons (Fsp3) is 0.538. The van der Waals surface area contributed by atoms with Crippen molar-refractivity contribution in [2.45, 2.75) is 19.4 Å². The molecular formula is C13H18ClNS. The van der Waals surface area contributed by atoms with Gasteiger partial charge in [0.25, 0.3) is 0 Å². The van der Waals surface area contributed by atoms with Crippen LogP contribution in [0.25, 0.3) is 0 Å². The first-order chi connectivity index (χ1) is 7.81. The summed E-state index contributed by atoms with van der Waals surface area (Å²) in [5.74, 6) is 2.54. The van der Waals surface area contributed by atoms with Gasteiger partial charge in [-0.25, -0.2) is 0 Å². The largest absolute Gasteiger partial charge is 0.295 e. The third-order valence-corrected chi connectivity index (χ3v) is 4.32. The van der Waals surface area contributed by atoms with Crippen molar-refractivity contribution in [2.24, 2.45) is 0 Å². The van der Waals surface area contributed by atoms with E-state index in [-0.39, 0.29) is 0 Å². The van der Waals surface area contributed by atoms with Crippen molar-refractivity contribution < 1.29 is 0 Å². The lowest BCUT2D eigenvalue weighted by molar-refractivity contribution is 0.212. The van der Waals surface area contributed by atoms with Crippen LogP contribution in [-0.4, -0.2) is 29.5 Å². The Morgan fingerprint density at radius 1 is 1.25 bits per heavy atom. The minimum Gasteiger partial charge on any atom is -0.295 e. The van der Waals surface area contributed by atoms with Gasteiger partial charge in [-0.05, 0) is 24.1 Å². The van der Waals surface area contributed by atoms with Crippen LogP contribution in [0.2, 0.25) is 5.02 Å². The second-order valence-electron chi connectivity index (χ2n) is 4.12. The fourth-order valence-corrected chi connectivity index (χ4v) is 3.34. The van der Waals surface area contributed by atoms with Gasteiger partial charge in [0.15, 0.2) is 0 Å². The smallest absolute Gasteiger partial charge is 0.0406 e. The van der Waals surface area contributed by atoms with Crippen LogP contribution in [-0.2, 0) is 0 Å². The number of nitrogens with zero attached hydrogens (tertiary/aromatic N) is 1. The summed E-state index contributed by atoms with van der Waals surface area (Å²) in [5.41, 5.74) is 1.40. The first kappa shape index (κ1) is 12.3. The second kappa shape index (κ2) is 5.95. The van der Waals surface area contributed by atoms with E-state index < -0.39 is 0 Å². The molecule has 0 aromatic heterocycles. The second-order valence-corrected chi connectivity index (χ2v) is 5.79. The molecule has 1 atom stereocenters. The lowest BCUT2D eigenvalue weighted by atomic mass is 10.0. The van der Waals surface area contributed by atoms with Crippen LogP contribution in [0.15, 0.2) is 24.3 Å². The number of thioether (sulfide) groups is 1. The highest BCUT2D eigenvalue weighted by molar-refractivity contribution is 7.99. The number of rotatable bonds is 3. The predicted octanol–water partition coefficient (Wildman–Crippen LogP) is 3.84. The lowest BCUT2D eigenvalue weighted by Gasteiger charge is -2.34. The van der Waals surface area contributed by atoms with Gasteiger partial charge in [-0.3, -0.25) is 4.90 Å². The molecule has 0 radical (unpaired) electrons. The van der Waals surface area contributed by atoms with E-state index in [1.54, 1.807) is 0 Å². The highest BCUT2D eigenvalue weighted by Gasteiger charge is 2.20. The summed E-state index contributed by atoms with van der Waals surface area (Å²) in [4.78, 5) is 2.60. The SMILES string of the molecule is CCC(c1ccc(Cl)cc1)N1CCSCC1. The van der Waals surface area contributed by atoms with Crippen molar-refractivity contribution in [1.82, 2.24) is 4.90 Å². The predicted molar refractivity (Wildman–Crippen MR) is 73.4 cm³/mol. The van der Waals surface area contributed by atoms with Crippen molar-refractivity contribution in [3.63, 3.8) is 0 Å². The first-order valence-electron chi connectivity index (χ1n) is 5.88. The maximum Gasteiger partial charge on any atom is 0.0406 e. The number of benzene rings is 1. The van der Waals surface area contributed by atoms with Gasteiger partial charge in [-0.2, -0.15) is 11.8 Å². The molecule has 0 spiro atoms. The van der Waals surface area contributed by atoms with E-state index >= 15 is 0 Å². The average molecular weight is 256 g/mol. The standard InChI is InChI=1S/C13H18ClNS/c1-2-13(15-7-9-16-10-8-15)11-3-5-12(14)6-4-11/h3-6,13H,2,7-10H2,1H3. The zero-order valence-corrected chi connectivity index (χ0v) is 11.2. The lowest BCUT2D eigenvalue weighted by Crippen LogP contribution is -2.35. The summed E-state index contributed by atoms with van der Waals surface area (Å²) in [6.45, 7) is 4.69. The molecule has 3 heteroatoms. The molecule has 0 N–H and O–H groups in total. The van der Waals surface area contributed by atoms with Crippen LogP contribution in [0.5, 0.6) is 0 Å². The van der Waals surface area contributed by atoms with Gasteiger partial charge in [0, 0.05) is 35.7 Å². The minimum atomic E-state index is 0.568. The van der Waals surface area contributed by atoms with E-state index in [1.807, 2.05) is 12.1 Å². The van der Waals surface area contributed by atoms with Crippen molar-refractivity contribution in [1.29, 1.82) is 0 Å². The Hall–Kier alpha value is -0.180. The average Bonchev–Trinajstić information content (AvgIpc) is 2.34. The van der Waals surface area contributed by atoms with Gasteiger partial charge in [-0.1, -0.05) is 30.7 Å². The van der Waals surface area contributed by atoms with E-state index in [2.05, 4.69) is 35.7 Å². The zero-order chi connectivity index (χ0) is 11.4. The molecule has 1 unspecified atom stereocenters. The van der Waals surface area contributed by atoms with Crippen LogP contribution in [0.4, 0.5) is 0 Å². The van der Waals surface area contributed by atoms with Gasteiger partial charge < -0.3 is 0 Å². The molecular weight excluding hydrogens is 238 g/mol. The van der Waals surface area contributed by atoms with E-state index in [9.17, 15) is 0 Å². The molecule has 0 amide bonds. The van der Waals surface area contributed by atoms with E-state index in [0.717, 1.165) is 5.02 Å². The molecule has 16 heavy (non-hydrogen) atoms. The summed E-state index contributed by atoms with van der Waals surface area (Å²) in [6, 6.07) is 8.89. The zero-order valence-electron chi connectivity index (χ0n) is 9.66. The molecule has 0 aliphatic carbocycles. The summed E-state index contributed by atoms with van der Waals surface area (Å²) in [5, 5.41) is 0.827. The van der Waals surface area contributed by atoms with Crippen molar-refractivity contribution in [3.05, 3.63) is 34.9 Å². The van der Waals surface area contributed by atoms with Crippen molar-refractivity contribution in [3.8, 4) is 0 Å². The monoisotopic (exact) mass is 255 g/mol. The Kier molecular flexibility index (Phi) is 4.56. The quantitative estimate of drug-likeness (QED) is 0.807. The van der Waals surface area contributed by atoms with E-state index in [1.165, 1.54) is 36.6 Å². The molecule has 1 aromatic carbocycles. The molecule has 1 aliphatic rings. The van der Waals surface area contributed by atoms with Crippen LogP contribution in [0.3, 0.4) is 0 Å². The number of hydrogen-bond donors (Lipinski definition) is 0. The molecule has 1 aliphatic heterocycles. The summed E-state index contributed by atoms with van der Waals surface area (Å²) >= 11 is 7.99. The molecule has 0 saturated carbocycles. The van der Waals surface area contributed by atoms with Gasteiger partial charge >= 0.3 is 0 Å². The Balaban J connectivity index is 2.11. The summed E-state index contributed by atoms with van der Waals surface area (Å²) in [7, 11) is 0. The topological polar surface area (TPSA) is 3.24 Å². The summed E-state index contributed by atoms with van der Waals surface area (Å²) in [6.07, 6.45) is 1.17. The van der Waals surface area contributed by atoms with Crippen LogP contribution < -0.4 is 0 Å². The Morgan fingerprint density at radius 2 is 1.88 bits per heavy atom. The van der Waals surface area contributed by atoms with Gasteiger partial charge in [0.1, 0.15) is 0 Å². The molecule has 1 heterocycles. The third kappa shape index (κ3) is 2.93. The number of halogens is 1. The van der Waals surface area contributed by atoms with Crippen LogP contribution in [0.1, 0.15) is 24.9 Å². The Morgan fingerprint density at radius 3 is 2.44 bits per heavy atom. The van der Waals surface area contributed by atoms with Gasteiger partial charge in [0.2, 0.25) is 0 Å². The van der Waals surface area contributed by atoms with Crippen molar-refractivity contribution >= 4 is 23.4 Å². The molecule has 1 nitrogen and oxygen atoms in total. The molecule has 88 valence electrons. The fourth-order valence-electron chi connectivity index (χ4n) is 2.28. The third-order valence-electron chi connectivity index (χ3n) is 3.13. The highest BCUT2D eigenvalue weighted by Crippen LogP contribution is 2.27. The van der Waals surface area contributed by atoms with Crippen molar-refractivity contribution in [2.75, 3.05) is 24.6 Å². The molecule has 2 rings (SSSR count). The Bertz CT molecular complexity index is 319. The van der Waals surface area contributed by atoms with E-state index in [4.69, 9.17) is 11.6 Å². The maximum atomic E-state index is 5.93. The molecule has 1 fully saturated rings. The molecule has 1 aromatic rings. The van der Waals surface area contributed by atoms with Gasteiger partial charge in [-0.15, -0.1) is 0 Å². The maximum absolute atomic E-state index is 5.93. The minimum absolute atomic E-state index is 0.568. The highest BCUT2D eigenvalue weighted by atomic mass is 35.5. The Labute approximate surface area is 107 Å². The van der Waals surface area contributed by atoms with Gasteiger partial charge in [0.05, 0.1) is 0 Å². The number of hydrogen-bond acceptors (Lipinski definition) is 2. The summed E-state index contributed by atoms with van der Waals surface area (Å²) < 4.78 is 0. The molecule has 0 bridgehead atoms. The van der Waals surface area contributed by atoms with Crippen LogP contribution in [0, 0.1) is 0 Å². The van der Waals surface area contributed by atoms with Crippen LogP contribution >= 0.6 is 23.4 Å². The molecule has 1 saturated heterocycles. The normalized spacial score (nSPS) is 19.6. The first-order valence-corrected chi connectivity index (χ1v) is 7.42.